The van der Waals surface area contributed by atoms with E-state index >= 15 is 0 Å². The smallest absolute Gasteiger partial charge is 0.387 e. The van der Waals surface area contributed by atoms with Crippen LogP contribution in [0.4, 0.5) is 8.78 Å². The van der Waals surface area contributed by atoms with Gasteiger partial charge in [-0.15, -0.1) is 0 Å². The molecule has 114 valence electrons. The van der Waals surface area contributed by atoms with E-state index in [0.29, 0.717) is 5.02 Å². The highest BCUT2D eigenvalue weighted by atomic mass is 35.5. The third-order valence-corrected chi connectivity index (χ3v) is 4.96. The van der Waals surface area contributed by atoms with E-state index in [1.165, 1.54) is 41.0 Å². The van der Waals surface area contributed by atoms with Crippen molar-refractivity contribution in [3.05, 3.63) is 45.6 Å². The van der Waals surface area contributed by atoms with Gasteiger partial charge in [0.25, 0.3) is 0 Å². The Hall–Kier alpha value is -1.22. The fraction of sp³-hybridized carbons (Fsp3) is 0.167. The molecule has 0 bridgehead atoms. The Bertz CT molecular complexity index is 705. The molecular weight excluding hydrogens is 344 g/mol. The Morgan fingerprint density at radius 2 is 2.10 bits per heavy atom. The highest BCUT2D eigenvalue weighted by molar-refractivity contribution is 7.89. The van der Waals surface area contributed by atoms with Crippen LogP contribution in [0.2, 0.25) is 5.02 Å². The molecule has 9 heteroatoms. The van der Waals surface area contributed by atoms with Crippen LogP contribution >= 0.6 is 22.9 Å². The fourth-order valence-electron chi connectivity index (χ4n) is 1.56. The molecule has 2 aromatic rings. The van der Waals surface area contributed by atoms with Gasteiger partial charge in [0.05, 0.1) is 4.90 Å². The molecule has 1 heterocycles. The number of hydrogen-bond acceptors (Lipinski definition) is 4. The fourth-order valence-corrected chi connectivity index (χ4v) is 3.79. The van der Waals surface area contributed by atoms with Gasteiger partial charge >= 0.3 is 6.61 Å². The molecule has 0 spiro atoms. The maximum absolute atomic E-state index is 12.3. The summed E-state index contributed by atoms with van der Waals surface area (Å²) in [5, 5.41) is 3.39. The molecule has 2 rings (SSSR count). The van der Waals surface area contributed by atoms with Crippen LogP contribution < -0.4 is 9.46 Å². The maximum Gasteiger partial charge on any atom is 0.387 e. The van der Waals surface area contributed by atoms with Gasteiger partial charge < -0.3 is 4.74 Å². The molecule has 0 saturated carbocycles. The lowest BCUT2D eigenvalue weighted by atomic mass is 10.2. The van der Waals surface area contributed by atoms with Crippen molar-refractivity contribution in [2.45, 2.75) is 18.1 Å². The van der Waals surface area contributed by atoms with Crippen molar-refractivity contribution in [3.8, 4) is 5.75 Å². The van der Waals surface area contributed by atoms with Crippen LogP contribution in [0, 0.1) is 0 Å². The van der Waals surface area contributed by atoms with Crippen molar-refractivity contribution in [1.29, 1.82) is 0 Å². The summed E-state index contributed by atoms with van der Waals surface area (Å²) in [4.78, 5) is 0.117. The lowest BCUT2D eigenvalue weighted by Gasteiger charge is -2.12. The van der Waals surface area contributed by atoms with Crippen LogP contribution in [-0.2, 0) is 16.6 Å². The number of benzene rings is 1. The van der Waals surface area contributed by atoms with Gasteiger partial charge in [-0.05, 0) is 29.6 Å². The molecule has 0 aliphatic heterocycles. The highest BCUT2D eigenvalue weighted by Crippen LogP contribution is 2.25. The first kappa shape index (κ1) is 16.2. The van der Waals surface area contributed by atoms with Gasteiger partial charge in [0, 0.05) is 22.5 Å². The molecule has 0 unspecified atom stereocenters. The summed E-state index contributed by atoms with van der Waals surface area (Å²) in [6, 6.07) is 5.47. The van der Waals surface area contributed by atoms with Crippen LogP contribution in [0.25, 0.3) is 0 Å². The Morgan fingerprint density at radius 3 is 2.71 bits per heavy atom. The second kappa shape index (κ2) is 6.69. The second-order valence-corrected chi connectivity index (χ2v) is 6.90. The Morgan fingerprint density at radius 1 is 1.33 bits per heavy atom. The monoisotopic (exact) mass is 353 g/mol. The molecule has 0 aliphatic carbocycles. The van der Waals surface area contributed by atoms with E-state index in [1.807, 2.05) is 0 Å². The minimum atomic E-state index is -3.70. The van der Waals surface area contributed by atoms with Crippen LogP contribution in [0.5, 0.6) is 5.75 Å². The van der Waals surface area contributed by atoms with E-state index in [2.05, 4.69) is 9.46 Å². The van der Waals surface area contributed by atoms with E-state index in [4.69, 9.17) is 11.6 Å². The van der Waals surface area contributed by atoms with Gasteiger partial charge in [0.1, 0.15) is 5.75 Å². The molecular formula is C12H10ClF2NO3S2. The molecule has 0 radical (unpaired) electrons. The number of halogens is 3. The predicted octanol–water partition coefficient (Wildman–Crippen LogP) is 3.48. The summed E-state index contributed by atoms with van der Waals surface area (Å²) in [5.74, 6) is -0.123. The lowest BCUT2D eigenvalue weighted by molar-refractivity contribution is -0.0504. The zero-order valence-electron chi connectivity index (χ0n) is 10.4. The molecule has 0 atom stereocenters. The van der Waals surface area contributed by atoms with E-state index in [9.17, 15) is 17.2 Å². The van der Waals surface area contributed by atoms with Crippen molar-refractivity contribution in [3.63, 3.8) is 0 Å². The zero-order chi connectivity index (χ0) is 15.5. The molecule has 0 saturated heterocycles. The van der Waals surface area contributed by atoms with Crippen molar-refractivity contribution in [2.24, 2.45) is 0 Å². The maximum atomic E-state index is 12.3. The van der Waals surface area contributed by atoms with E-state index in [-0.39, 0.29) is 22.8 Å². The normalized spacial score (nSPS) is 11.8. The van der Waals surface area contributed by atoms with Crippen LogP contribution in [0.1, 0.15) is 5.56 Å². The number of alkyl halides is 2. The first-order chi connectivity index (χ1) is 9.88. The minimum Gasteiger partial charge on any atom is -0.434 e. The molecule has 0 amide bonds. The van der Waals surface area contributed by atoms with Crippen LogP contribution in [0.3, 0.4) is 0 Å². The summed E-state index contributed by atoms with van der Waals surface area (Å²) in [5.41, 5.74) is 0.224. The number of nitrogens with one attached hydrogen (secondary N) is 1. The average Bonchev–Trinajstić information content (AvgIpc) is 2.93. The van der Waals surface area contributed by atoms with Crippen LogP contribution in [0.15, 0.2) is 39.9 Å². The minimum absolute atomic E-state index is 0.117. The Labute approximate surface area is 129 Å². The van der Waals surface area contributed by atoms with Crippen molar-refractivity contribution < 1.29 is 21.9 Å². The quantitative estimate of drug-likeness (QED) is 0.865. The largest absolute Gasteiger partial charge is 0.434 e. The van der Waals surface area contributed by atoms with E-state index in [1.54, 1.807) is 5.38 Å². The lowest BCUT2D eigenvalue weighted by Crippen LogP contribution is -2.23. The van der Waals surface area contributed by atoms with Crippen LogP contribution in [-0.4, -0.2) is 15.0 Å². The van der Waals surface area contributed by atoms with Crippen molar-refractivity contribution in [2.75, 3.05) is 0 Å². The Balaban J connectivity index is 2.18. The van der Waals surface area contributed by atoms with Gasteiger partial charge in [-0.25, -0.2) is 13.1 Å². The van der Waals surface area contributed by atoms with E-state index in [0.717, 1.165) is 0 Å². The molecule has 0 fully saturated rings. The van der Waals surface area contributed by atoms with Gasteiger partial charge in [-0.1, -0.05) is 11.6 Å². The SMILES string of the molecule is O=S(=O)(NCc1cc(Cl)ccc1OC(F)F)c1ccsc1. The summed E-state index contributed by atoms with van der Waals surface area (Å²) < 4.78 is 55.2. The Kier molecular flexibility index (Phi) is 5.15. The predicted molar refractivity (Wildman–Crippen MR) is 76.4 cm³/mol. The second-order valence-electron chi connectivity index (χ2n) is 3.91. The summed E-state index contributed by atoms with van der Waals surface area (Å²) in [7, 11) is -3.70. The topological polar surface area (TPSA) is 55.4 Å². The third-order valence-electron chi connectivity index (χ3n) is 2.50. The van der Waals surface area contributed by atoms with Gasteiger partial charge in [0.15, 0.2) is 0 Å². The number of ether oxygens (including phenoxy) is 1. The summed E-state index contributed by atoms with van der Waals surface area (Å²) >= 11 is 7.02. The van der Waals surface area contributed by atoms with Crippen molar-refractivity contribution >= 4 is 33.0 Å². The summed E-state index contributed by atoms with van der Waals surface area (Å²) in [6.07, 6.45) is 0. The van der Waals surface area contributed by atoms with Gasteiger partial charge in [-0.3, -0.25) is 0 Å². The third kappa shape index (κ3) is 4.37. The van der Waals surface area contributed by atoms with Gasteiger partial charge in [0.2, 0.25) is 10.0 Å². The number of sulfonamides is 1. The average molecular weight is 354 g/mol. The standard InChI is InChI=1S/C12H10ClF2NO3S2/c13-9-1-2-11(19-12(14)15)8(5-9)6-16-21(17,18)10-3-4-20-7-10/h1-5,7,12,16H,6H2. The summed E-state index contributed by atoms with van der Waals surface area (Å²) in [6.45, 7) is -3.21. The number of rotatable bonds is 6. The van der Waals surface area contributed by atoms with Gasteiger partial charge in [-0.2, -0.15) is 20.1 Å². The van der Waals surface area contributed by atoms with Crippen molar-refractivity contribution in [1.82, 2.24) is 4.72 Å². The molecule has 0 aliphatic rings. The molecule has 1 aromatic heterocycles. The highest BCUT2D eigenvalue weighted by Gasteiger charge is 2.16. The molecule has 1 N–H and O–H groups in total. The zero-order valence-corrected chi connectivity index (χ0v) is 12.8. The molecule has 1 aromatic carbocycles. The number of thiophene rings is 1. The first-order valence-electron chi connectivity index (χ1n) is 5.63. The number of hydrogen-bond donors (Lipinski definition) is 1. The molecule has 4 nitrogen and oxygen atoms in total. The first-order valence-corrected chi connectivity index (χ1v) is 8.44. The molecule has 21 heavy (non-hydrogen) atoms. The van der Waals surface area contributed by atoms with E-state index < -0.39 is 16.6 Å².